The maximum atomic E-state index is 11.8. The van der Waals surface area contributed by atoms with Crippen molar-refractivity contribution in [3.05, 3.63) is 12.2 Å². The molecule has 1 rings (SSSR count). The summed E-state index contributed by atoms with van der Waals surface area (Å²) >= 11 is 0. The molecule has 2 amide bonds. The maximum Gasteiger partial charge on any atom is 0.320 e. The van der Waals surface area contributed by atoms with Gasteiger partial charge in [-0.2, -0.15) is 0 Å². The Bertz CT molecular complexity index is 222. The van der Waals surface area contributed by atoms with E-state index in [4.69, 9.17) is 4.74 Å². The Hall–Kier alpha value is -1.03. The SMILES string of the molecule is C=C(C)CN(C)C(=O)N1CCOCC1. The van der Waals surface area contributed by atoms with Gasteiger partial charge in [-0.05, 0) is 6.92 Å². The molecule has 1 fully saturated rings. The average Bonchev–Trinajstić information content (AvgIpc) is 2.17. The fourth-order valence-corrected chi connectivity index (χ4v) is 1.47. The monoisotopic (exact) mass is 198 g/mol. The first-order valence-corrected chi connectivity index (χ1v) is 4.83. The first-order valence-electron chi connectivity index (χ1n) is 4.83. The van der Waals surface area contributed by atoms with Crippen LogP contribution in [0.5, 0.6) is 0 Å². The second-order valence-electron chi connectivity index (χ2n) is 3.70. The van der Waals surface area contributed by atoms with Gasteiger partial charge < -0.3 is 14.5 Å². The molecule has 0 saturated carbocycles. The summed E-state index contributed by atoms with van der Waals surface area (Å²) in [6.45, 7) is 9.01. The van der Waals surface area contributed by atoms with Gasteiger partial charge in [0.2, 0.25) is 0 Å². The molecule has 0 radical (unpaired) electrons. The number of nitrogens with zero attached hydrogens (tertiary/aromatic N) is 2. The Kier molecular flexibility index (Phi) is 3.95. The van der Waals surface area contributed by atoms with E-state index >= 15 is 0 Å². The van der Waals surface area contributed by atoms with Gasteiger partial charge in [-0.1, -0.05) is 12.2 Å². The topological polar surface area (TPSA) is 32.8 Å². The Balaban J connectivity index is 2.42. The standard InChI is InChI=1S/C10H18N2O2/c1-9(2)8-11(3)10(13)12-4-6-14-7-5-12/h1,4-8H2,2-3H3. The summed E-state index contributed by atoms with van der Waals surface area (Å²) in [6.07, 6.45) is 0. The summed E-state index contributed by atoms with van der Waals surface area (Å²) < 4.78 is 5.18. The minimum absolute atomic E-state index is 0.0660. The predicted octanol–water partition coefficient (Wildman–Crippen LogP) is 0.947. The molecule has 4 heteroatoms. The van der Waals surface area contributed by atoms with Gasteiger partial charge in [0.1, 0.15) is 0 Å². The quantitative estimate of drug-likeness (QED) is 0.619. The molecule has 4 nitrogen and oxygen atoms in total. The summed E-state index contributed by atoms with van der Waals surface area (Å²) in [4.78, 5) is 15.3. The minimum Gasteiger partial charge on any atom is -0.378 e. The molecule has 0 aromatic rings. The van der Waals surface area contributed by atoms with Gasteiger partial charge in [0, 0.05) is 26.7 Å². The third kappa shape index (κ3) is 3.03. The molecule has 1 aliphatic rings. The van der Waals surface area contributed by atoms with Crippen molar-refractivity contribution in [2.75, 3.05) is 39.9 Å². The number of amides is 2. The molecule has 14 heavy (non-hydrogen) atoms. The number of ether oxygens (including phenoxy) is 1. The van der Waals surface area contributed by atoms with E-state index in [1.165, 1.54) is 0 Å². The van der Waals surface area contributed by atoms with Crippen LogP contribution in [-0.2, 0) is 4.74 Å². The second-order valence-corrected chi connectivity index (χ2v) is 3.70. The lowest BCUT2D eigenvalue weighted by Gasteiger charge is -2.31. The summed E-state index contributed by atoms with van der Waals surface area (Å²) in [5, 5.41) is 0. The van der Waals surface area contributed by atoms with E-state index in [0.29, 0.717) is 32.8 Å². The summed E-state index contributed by atoms with van der Waals surface area (Å²) in [5.41, 5.74) is 0.995. The largest absolute Gasteiger partial charge is 0.378 e. The third-order valence-electron chi connectivity index (χ3n) is 2.12. The van der Waals surface area contributed by atoms with Crippen molar-refractivity contribution in [2.45, 2.75) is 6.92 Å². The lowest BCUT2D eigenvalue weighted by molar-refractivity contribution is 0.0459. The van der Waals surface area contributed by atoms with Gasteiger partial charge in [-0.15, -0.1) is 0 Å². The highest BCUT2D eigenvalue weighted by atomic mass is 16.5. The van der Waals surface area contributed by atoms with Gasteiger partial charge in [0.15, 0.2) is 0 Å². The fourth-order valence-electron chi connectivity index (χ4n) is 1.47. The third-order valence-corrected chi connectivity index (χ3v) is 2.12. The molecular formula is C10H18N2O2. The minimum atomic E-state index is 0.0660. The lowest BCUT2D eigenvalue weighted by atomic mass is 10.3. The van der Waals surface area contributed by atoms with Gasteiger partial charge in [0.25, 0.3) is 0 Å². The van der Waals surface area contributed by atoms with Crippen molar-refractivity contribution in [2.24, 2.45) is 0 Å². The Morgan fingerprint density at radius 2 is 2.07 bits per heavy atom. The van der Waals surface area contributed by atoms with Gasteiger partial charge in [0.05, 0.1) is 13.2 Å². The molecule has 0 atom stereocenters. The van der Waals surface area contributed by atoms with Crippen molar-refractivity contribution >= 4 is 6.03 Å². The van der Waals surface area contributed by atoms with Crippen LogP contribution in [0.25, 0.3) is 0 Å². The molecule has 0 bridgehead atoms. The molecule has 0 aliphatic carbocycles. The molecule has 1 saturated heterocycles. The summed E-state index contributed by atoms with van der Waals surface area (Å²) in [6, 6.07) is 0.0660. The molecule has 0 N–H and O–H groups in total. The van der Waals surface area contributed by atoms with Crippen LogP contribution in [0, 0.1) is 0 Å². The highest BCUT2D eigenvalue weighted by Crippen LogP contribution is 2.03. The van der Waals surface area contributed by atoms with Crippen LogP contribution in [0.3, 0.4) is 0 Å². The normalized spacial score (nSPS) is 16.6. The molecule has 0 spiro atoms. The first-order chi connectivity index (χ1) is 6.61. The first kappa shape index (κ1) is 11.0. The number of morpholine rings is 1. The zero-order chi connectivity index (χ0) is 10.6. The number of urea groups is 1. The zero-order valence-corrected chi connectivity index (χ0v) is 8.95. The predicted molar refractivity (Wildman–Crippen MR) is 55.2 cm³/mol. The Labute approximate surface area is 85.1 Å². The number of carbonyl (C=O) groups is 1. The van der Waals surface area contributed by atoms with E-state index in [2.05, 4.69) is 6.58 Å². The van der Waals surface area contributed by atoms with Crippen molar-refractivity contribution in [1.82, 2.24) is 9.80 Å². The van der Waals surface area contributed by atoms with Gasteiger partial charge >= 0.3 is 6.03 Å². The Morgan fingerprint density at radius 3 is 2.57 bits per heavy atom. The van der Waals surface area contributed by atoms with E-state index in [-0.39, 0.29) is 6.03 Å². The Morgan fingerprint density at radius 1 is 1.50 bits per heavy atom. The number of carbonyl (C=O) groups excluding carboxylic acids is 1. The maximum absolute atomic E-state index is 11.8. The number of hydrogen-bond donors (Lipinski definition) is 0. The smallest absolute Gasteiger partial charge is 0.320 e. The van der Waals surface area contributed by atoms with Crippen LogP contribution in [-0.4, -0.2) is 55.7 Å². The summed E-state index contributed by atoms with van der Waals surface area (Å²) in [7, 11) is 1.80. The van der Waals surface area contributed by atoms with Crippen LogP contribution in [0.15, 0.2) is 12.2 Å². The van der Waals surface area contributed by atoms with E-state index < -0.39 is 0 Å². The van der Waals surface area contributed by atoms with Crippen LogP contribution >= 0.6 is 0 Å². The highest BCUT2D eigenvalue weighted by molar-refractivity contribution is 5.74. The van der Waals surface area contributed by atoms with Crippen LogP contribution in [0.2, 0.25) is 0 Å². The molecule has 1 heterocycles. The molecule has 0 aromatic heterocycles. The van der Waals surface area contributed by atoms with Crippen molar-refractivity contribution in [1.29, 1.82) is 0 Å². The highest BCUT2D eigenvalue weighted by Gasteiger charge is 2.19. The number of likely N-dealkylation sites (N-methyl/N-ethyl adjacent to an activating group) is 1. The van der Waals surface area contributed by atoms with Gasteiger partial charge in [-0.25, -0.2) is 4.79 Å². The van der Waals surface area contributed by atoms with Crippen LogP contribution in [0.1, 0.15) is 6.92 Å². The van der Waals surface area contributed by atoms with Crippen molar-refractivity contribution in [3.8, 4) is 0 Å². The van der Waals surface area contributed by atoms with Crippen molar-refractivity contribution in [3.63, 3.8) is 0 Å². The van der Waals surface area contributed by atoms with E-state index in [1.54, 1.807) is 11.9 Å². The molecule has 0 aromatic carbocycles. The summed E-state index contributed by atoms with van der Waals surface area (Å²) in [5.74, 6) is 0. The van der Waals surface area contributed by atoms with E-state index in [1.807, 2.05) is 11.8 Å². The van der Waals surface area contributed by atoms with E-state index in [9.17, 15) is 4.79 Å². The van der Waals surface area contributed by atoms with Crippen molar-refractivity contribution < 1.29 is 9.53 Å². The van der Waals surface area contributed by atoms with E-state index in [0.717, 1.165) is 5.57 Å². The molecular weight excluding hydrogens is 180 g/mol. The van der Waals surface area contributed by atoms with Crippen LogP contribution < -0.4 is 0 Å². The molecule has 0 unspecified atom stereocenters. The number of hydrogen-bond acceptors (Lipinski definition) is 2. The van der Waals surface area contributed by atoms with Gasteiger partial charge in [-0.3, -0.25) is 0 Å². The molecule has 1 aliphatic heterocycles. The fraction of sp³-hybridized carbons (Fsp3) is 0.700. The lowest BCUT2D eigenvalue weighted by Crippen LogP contribution is -2.47. The zero-order valence-electron chi connectivity index (χ0n) is 8.95. The second kappa shape index (κ2) is 5.00. The average molecular weight is 198 g/mol. The molecule has 80 valence electrons. The number of rotatable bonds is 2. The van der Waals surface area contributed by atoms with Crippen LogP contribution in [0.4, 0.5) is 4.79 Å².